The van der Waals surface area contributed by atoms with Crippen molar-refractivity contribution >= 4 is 15.0 Å². The van der Waals surface area contributed by atoms with Crippen molar-refractivity contribution < 1.29 is 0 Å². The molecule has 0 N–H and O–H groups in total. The Kier molecular flexibility index (Phi) is 3.68. The van der Waals surface area contributed by atoms with E-state index in [4.69, 9.17) is 6.42 Å². The summed E-state index contributed by atoms with van der Waals surface area (Å²) in [5.74, 6) is 0. The molecule has 5 heavy (non-hydrogen) atoms. The summed E-state index contributed by atoms with van der Waals surface area (Å²) in [5.41, 5.74) is 0. The molecule has 0 rings (SSSR count). The summed E-state index contributed by atoms with van der Waals surface area (Å²) in [4.78, 5) is 4.22. The van der Waals surface area contributed by atoms with Crippen LogP contribution in [0, 0.1) is 11.2 Å². The van der Waals surface area contributed by atoms with E-state index in [0.717, 1.165) is 0 Å². The zero-order valence-corrected chi connectivity index (χ0v) is 4.48. The minimum absolute atomic E-state index is 0.250. The topological polar surface area (TPSA) is 0 Å². The van der Waals surface area contributed by atoms with E-state index in [0.29, 0.717) is 0 Å². The van der Waals surface area contributed by atoms with Gasteiger partial charge in [0, 0.05) is 0 Å². The summed E-state index contributed by atoms with van der Waals surface area (Å²) in [7, 11) is 0. The Morgan fingerprint density at radius 1 is 2.00 bits per heavy atom. The Balaban J connectivity index is 2.75. The maximum atomic E-state index is 4.85. The fourth-order valence-electron chi connectivity index (χ4n) is 0.0481. The predicted octanol–water partition coefficient (Wildman–Crippen LogP) is 0.425. The van der Waals surface area contributed by atoms with Crippen LogP contribution in [0.15, 0.2) is 11.6 Å². The van der Waals surface area contributed by atoms with E-state index < -0.39 is 0 Å². The second-order valence-electron chi connectivity index (χ2n) is 0.402. The molecular formula is C4H4Se. The third kappa shape index (κ3) is 3.82. The van der Waals surface area contributed by atoms with Gasteiger partial charge >= 0.3 is 37.8 Å². The molecule has 0 aliphatic carbocycles. The average Bonchev–Trinajstić information content (AvgIpc) is 1.41. The molecule has 0 atom stereocenters. The molecule has 0 amide bonds. The van der Waals surface area contributed by atoms with Crippen molar-refractivity contribution in [3.05, 3.63) is 11.6 Å². The SMILES string of the molecule is C#C[Se]C=C. The van der Waals surface area contributed by atoms with Gasteiger partial charge < -0.3 is 0 Å². The Labute approximate surface area is 38.4 Å². The summed E-state index contributed by atoms with van der Waals surface area (Å²) in [6.45, 7) is 3.44. The predicted molar refractivity (Wildman–Crippen MR) is 24.8 cm³/mol. The molecule has 0 aromatic rings. The van der Waals surface area contributed by atoms with E-state index in [-0.39, 0.29) is 15.0 Å². The molecule has 0 aromatic heterocycles. The molecule has 1 heteroatoms. The van der Waals surface area contributed by atoms with Crippen LogP contribution in [0.5, 0.6) is 0 Å². The maximum absolute atomic E-state index is 4.85. The number of hydrogen-bond acceptors (Lipinski definition) is 0. The molecule has 0 saturated heterocycles. The van der Waals surface area contributed by atoms with Crippen LogP contribution in [0.25, 0.3) is 0 Å². The van der Waals surface area contributed by atoms with Crippen LogP contribution < -0.4 is 0 Å². The molecule has 0 aliphatic heterocycles. The summed E-state index contributed by atoms with van der Waals surface area (Å²) in [5, 5.41) is 0. The fourth-order valence-corrected chi connectivity index (χ4v) is 0.250. The third-order valence-electron chi connectivity index (χ3n) is 0.151. The van der Waals surface area contributed by atoms with E-state index in [9.17, 15) is 0 Å². The van der Waals surface area contributed by atoms with Gasteiger partial charge in [-0.15, -0.1) is 0 Å². The van der Waals surface area contributed by atoms with Crippen LogP contribution in [0.2, 0.25) is 0 Å². The van der Waals surface area contributed by atoms with Gasteiger partial charge in [-0.1, -0.05) is 0 Å². The van der Waals surface area contributed by atoms with Crippen LogP contribution in [-0.4, -0.2) is 15.0 Å². The Bertz CT molecular complexity index is 58.5. The van der Waals surface area contributed by atoms with Crippen molar-refractivity contribution in [1.82, 2.24) is 0 Å². The van der Waals surface area contributed by atoms with Crippen LogP contribution in [0.1, 0.15) is 0 Å². The second-order valence-corrected chi connectivity index (χ2v) is 2.09. The van der Waals surface area contributed by atoms with Gasteiger partial charge in [0.15, 0.2) is 0 Å². The van der Waals surface area contributed by atoms with Gasteiger partial charge in [0.05, 0.1) is 0 Å². The number of hydrogen-bond donors (Lipinski definition) is 0. The van der Waals surface area contributed by atoms with Crippen LogP contribution in [0.4, 0.5) is 0 Å². The van der Waals surface area contributed by atoms with Crippen molar-refractivity contribution in [3.8, 4) is 11.2 Å². The van der Waals surface area contributed by atoms with Gasteiger partial charge in [-0.2, -0.15) is 0 Å². The molecular weight excluding hydrogens is 127 g/mol. The van der Waals surface area contributed by atoms with Gasteiger partial charge in [0.25, 0.3) is 0 Å². The third-order valence-corrected chi connectivity index (χ3v) is 0.787. The minimum atomic E-state index is 0.250. The van der Waals surface area contributed by atoms with Crippen LogP contribution in [-0.2, 0) is 0 Å². The van der Waals surface area contributed by atoms with E-state index in [1.165, 1.54) is 0 Å². The Morgan fingerprint density at radius 3 is 2.60 bits per heavy atom. The van der Waals surface area contributed by atoms with Crippen molar-refractivity contribution in [3.63, 3.8) is 0 Å². The van der Waals surface area contributed by atoms with Gasteiger partial charge in [-0.25, -0.2) is 0 Å². The normalized spacial score (nSPS) is 5.40. The van der Waals surface area contributed by atoms with E-state index in [1.54, 1.807) is 4.97 Å². The Morgan fingerprint density at radius 2 is 2.60 bits per heavy atom. The first-order valence-electron chi connectivity index (χ1n) is 1.14. The monoisotopic (exact) mass is 132 g/mol. The standard InChI is InChI=1S/C4H4Se/c1-3-5-4-2/h1,4H,2H2. The molecule has 26 valence electrons. The molecule has 0 spiro atoms. The zero-order valence-electron chi connectivity index (χ0n) is 2.77. The first-order chi connectivity index (χ1) is 2.41. The molecule has 0 unspecified atom stereocenters. The van der Waals surface area contributed by atoms with Gasteiger partial charge in [0.1, 0.15) is 0 Å². The first-order valence-corrected chi connectivity index (χ1v) is 2.98. The quantitative estimate of drug-likeness (QED) is 0.357. The molecule has 0 aliphatic rings. The van der Waals surface area contributed by atoms with Gasteiger partial charge in [-0.05, 0) is 0 Å². The molecule has 0 fully saturated rings. The van der Waals surface area contributed by atoms with E-state index in [1.807, 2.05) is 0 Å². The van der Waals surface area contributed by atoms with Gasteiger partial charge in [-0.3, -0.25) is 0 Å². The van der Waals surface area contributed by atoms with Crippen LogP contribution >= 0.6 is 0 Å². The van der Waals surface area contributed by atoms with E-state index >= 15 is 0 Å². The molecule has 0 nitrogen and oxygen atoms in total. The zero-order chi connectivity index (χ0) is 4.12. The summed E-state index contributed by atoms with van der Waals surface area (Å²) in [6.07, 6.45) is 4.85. The van der Waals surface area contributed by atoms with Crippen molar-refractivity contribution in [2.45, 2.75) is 0 Å². The summed E-state index contributed by atoms with van der Waals surface area (Å²) in [6, 6.07) is 0. The van der Waals surface area contributed by atoms with Crippen LogP contribution in [0.3, 0.4) is 0 Å². The molecule has 0 saturated carbocycles. The summed E-state index contributed by atoms with van der Waals surface area (Å²) < 4.78 is 0. The number of terminal acetylenes is 1. The van der Waals surface area contributed by atoms with Gasteiger partial charge in [0.2, 0.25) is 0 Å². The summed E-state index contributed by atoms with van der Waals surface area (Å²) >= 11 is 0.250. The molecule has 0 radical (unpaired) electrons. The number of rotatable bonds is 1. The molecule has 0 heterocycles. The molecule has 0 aromatic carbocycles. The average molecular weight is 131 g/mol. The van der Waals surface area contributed by atoms with Crippen molar-refractivity contribution in [2.24, 2.45) is 0 Å². The van der Waals surface area contributed by atoms with Crippen molar-refractivity contribution in [1.29, 1.82) is 0 Å². The molecule has 0 bridgehead atoms. The van der Waals surface area contributed by atoms with E-state index in [2.05, 4.69) is 11.4 Å². The Hall–Kier alpha value is -0.181. The van der Waals surface area contributed by atoms with Crippen molar-refractivity contribution in [2.75, 3.05) is 0 Å². The second kappa shape index (κ2) is 3.82. The fraction of sp³-hybridized carbons (Fsp3) is 0. The first kappa shape index (κ1) is 4.82.